The summed E-state index contributed by atoms with van der Waals surface area (Å²) in [6, 6.07) is 7.07. The first-order chi connectivity index (χ1) is 5.91. The van der Waals surface area contributed by atoms with Gasteiger partial charge in [0.25, 0.3) is 0 Å². The Morgan fingerprint density at radius 2 is 2.00 bits per heavy atom. The summed E-state index contributed by atoms with van der Waals surface area (Å²) >= 11 is 0. The smallest absolute Gasteiger partial charge is 0.159 e. The van der Waals surface area contributed by atoms with E-state index in [-0.39, 0.29) is 5.78 Å². The number of hydrogen-bond acceptors (Lipinski definition) is 3. The van der Waals surface area contributed by atoms with Crippen molar-refractivity contribution < 1.29 is 4.79 Å². The van der Waals surface area contributed by atoms with Gasteiger partial charge in [0.15, 0.2) is 5.78 Å². The molecule has 0 bridgehead atoms. The van der Waals surface area contributed by atoms with Gasteiger partial charge in [0.1, 0.15) is 0 Å². The SMILES string of the molecule is CC(=O)c1cccc(C(C)(N)N)c1. The number of carbonyl (C=O) groups excluding carboxylic acids is 1. The average molecular weight is 178 g/mol. The zero-order valence-electron chi connectivity index (χ0n) is 7.87. The zero-order chi connectivity index (χ0) is 10.1. The minimum atomic E-state index is -0.883. The molecule has 13 heavy (non-hydrogen) atoms. The molecule has 0 radical (unpaired) electrons. The van der Waals surface area contributed by atoms with Gasteiger partial charge >= 0.3 is 0 Å². The van der Waals surface area contributed by atoms with Crippen molar-refractivity contribution in [3.63, 3.8) is 0 Å². The van der Waals surface area contributed by atoms with Crippen LogP contribution in [0.1, 0.15) is 29.8 Å². The fraction of sp³-hybridized carbons (Fsp3) is 0.300. The maximum absolute atomic E-state index is 11.0. The van der Waals surface area contributed by atoms with E-state index in [1.165, 1.54) is 6.92 Å². The van der Waals surface area contributed by atoms with Crippen LogP contribution in [0.5, 0.6) is 0 Å². The van der Waals surface area contributed by atoms with E-state index in [4.69, 9.17) is 11.5 Å². The number of benzene rings is 1. The van der Waals surface area contributed by atoms with Crippen LogP contribution >= 0.6 is 0 Å². The molecule has 0 aromatic heterocycles. The normalized spacial score (nSPS) is 11.4. The van der Waals surface area contributed by atoms with Gasteiger partial charge < -0.3 is 11.5 Å². The molecule has 1 aromatic rings. The second kappa shape index (κ2) is 3.28. The van der Waals surface area contributed by atoms with Crippen LogP contribution in [0.15, 0.2) is 24.3 Å². The Morgan fingerprint density at radius 3 is 2.46 bits per heavy atom. The molecule has 3 heteroatoms. The predicted octanol–water partition coefficient (Wildman–Crippen LogP) is 0.979. The maximum Gasteiger partial charge on any atom is 0.159 e. The fourth-order valence-corrected chi connectivity index (χ4v) is 1.07. The van der Waals surface area contributed by atoms with Crippen LogP contribution in [0, 0.1) is 0 Å². The fourth-order valence-electron chi connectivity index (χ4n) is 1.07. The molecule has 0 aliphatic carbocycles. The van der Waals surface area contributed by atoms with Crippen LogP contribution in [0.3, 0.4) is 0 Å². The zero-order valence-corrected chi connectivity index (χ0v) is 7.87. The molecule has 0 fully saturated rings. The molecule has 0 spiro atoms. The monoisotopic (exact) mass is 178 g/mol. The first kappa shape index (κ1) is 9.89. The van der Waals surface area contributed by atoms with Gasteiger partial charge in [-0.3, -0.25) is 4.79 Å². The number of nitrogens with two attached hydrogens (primary N) is 2. The summed E-state index contributed by atoms with van der Waals surface area (Å²) in [7, 11) is 0. The van der Waals surface area contributed by atoms with Gasteiger partial charge in [-0.05, 0) is 25.5 Å². The van der Waals surface area contributed by atoms with Crippen molar-refractivity contribution in [2.75, 3.05) is 0 Å². The van der Waals surface area contributed by atoms with Crippen molar-refractivity contribution >= 4 is 5.78 Å². The molecule has 0 saturated heterocycles. The van der Waals surface area contributed by atoms with Crippen LogP contribution in [0.2, 0.25) is 0 Å². The summed E-state index contributed by atoms with van der Waals surface area (Å²) in [5, 5.41) is 0. The summed E-state index contributed by atoms with van der Waals surface area (Å²) < 4.78 is 0. The molecule has 1 aromatic carbocycles. The van der Waals surface area contributed by atoms with Crippen molar-refractivity contribution in [1.82, 2.24) is 0 Å². The molecular weight excluding hydrogens is 164 g/mol. The minimum absolute atomic E-state index is 0.0195. The summed E-state index contributed by atoms with van der Waals surface area (Å²) in [4.78, 5) is 11.0. The molecule has 0 atom stereocenters. The highest BCUT2D eigenvalue weighted by atomic mass is 16.1. The highest BCUT2D eigenvalue weighted by Gasteiger charge is 2.15. The van der Waals surface area contributed by atoms with Gasteiger partial charge in [0.05, 0.1) is 5.66 Å². The second-order valence-corrected chi connectivity index (χ2v) is 3.42. The molecule has 0 aliphatic rings. The van der Waals surface area contributed by atoms with Gasteiger partial charge in [0, 0.05) is 5.56 Å². The Labute approximate surface area is 77.7 Å². The van der Waals surface area contributed by atoms with E-state index in [2.05, 4.69) is 0 Å². The standard InChI is InChI=1S/C10H14N2O/c1-7(13)8-4-3-5-9(6-8)10(2,11)12/h3-6H,11-12H2,1-2H3. The van der Waals surface area contributed by atoms with E-state index in [1.54, 1.807) is 25.1 Å². The van der Waals surface area contributed by atoms with Gasteiger partial charge in [-0.1, -0.05) is 18.2 Å². The third kappa shape index (κ3) is 2.37. The van der Waals surface area contributed by atoms with Gasteiger partial charge in [-0.25, -0.2) is 0 Å². The first-order valence-corrected chi connectivity index (χ1v) is 4.10. The number of Topliss-reactive ketones (excluding diaryl/α,β-unsaturated/α-hetero) is 1. The van der Waals surface area contributed by atoms with Crippen molar-refractivity contribution in [3.05, 3.63) is 35.4 Å². The molecule has 0 saturated carbocycles. The van der Waals surface area contributed by atoms with E-state index >= 15 is 0 Å². The molecule has 70 valence electrons. The first-order valence-electron chi connectivity index (χ1n) is 4.10. The van der Waals surface area contributed by atoms with Crippen LogP contribution in [0.4, 0.5) is 0 Å². The van der Waals surface area contributed by atoms with E-state index in [1.807, 2.05) is 6.07 Å². The molecular formula is C10H14N2O. The Hall–Kier alpha value is -1.19. The van der Waals surface area contributed by atoms with Crippen LogP contribution in [-0.4, -0.2) is 5.78 Å². The lowest BCUT2D eigenvalue weighted by Gasteiger charge is -2.19. The Bertz CT molecular complexity index is 326. The molecule has 0 unspecified atom stereocenters. The van der Waals surface area contributed by atoms with Gasteiger partial charge in [-0.15, -0.1) is 0 Å². The second-order valence-electron chi connectivity index (χ2n) is 3.42. The van der Waals surface area contributed by atoms with E-state index in [0.717, 1.165) is 5.56 Å². The number of carbonyl (C=O) groups is 1. The number of ketones is 1. The van der Waals surface area contributed by atoms with Crippen molar-refractivity contribution in [2.45, 2.75) is 19.5 Å². The van der Waals surface area contributed by atoms with E-state index < -0.39 is 5.66 Å². The van der Waals surface area contributed by atoms with E-state index in [0.29, 0.717) is 5.56 Å². The molecule has 1 rings (SSSR count). The van der Waals surface area contributed by atoms with Crippen LogP contribution in [-0.2, 0) is 5.66 Å². The summed E-state index contributed by atoms with van der Waals surface area (Å²) in [5.74, 6) is 0.0195. The average Bonchev–Trinajstić information content (AvgIpc) is 2.03. The summed E-state index contributed by atoms with van der Waals surface area (Å²) in [6.45, 7) is 3.22. The minimum Gasteiger partial charge on any atom is -0.310 e. The Kier molecular flexibility index (Phi) is 2.50. The number of hydrogen-bond donors (Lipinski definition) is 2. The maximum atomic E-state index is 11.0. The summed E-state index contributed by atoms with van der Waals surface area (Å²) in [6.07, 6.45) is 0. The third-order valence-corrected chi connectivity index (χ3v) is 1.89. The van der Waals surface area contributed by atoms with Gasteiger partial charge in [-0.2, -0.15) is 0 Å². The molecule has 0 heterocycles. The molecule has 3 nitrogen and oxygen atoms in total. The highest BCUT2D eigenvalue weighted by molar-refractivity contribution is 5.94. The Balaban J connectivity index is 3.13. The van der Waals surface area contributed by atoms with Crippen molar-refractivity contribution in [1.29, 1.82) is 0 Å². The highest BCUT2D eigenvalue weighted by Crippen LogP contribution is 2.13. The predicted molar refractivity (Wildman–Crippen MR) is 52.2 cm³/mol. The van der Waals surface area contributed by atoms with Gasteiger partial charge in [0.2, 0.25) is 0 Å². The lowest BCUT2D eigenvalue weighted by molar-refractivity contribution is 0.101. The Morgan fingerprint density at radius 1 is 1.38 bits per heavy atom. The third-order valence-electron chi connectivity index (χ3n) is 1.89. The van der Waals surface area contributed by atoms with Crippen LogP contribution < -0.4 is 11.5 Å². The van der Waals surface area contributed by atoms with Crippen molar-refractivity contribution in [3.8, 4) is 0 Å². The lowest BCUT2D eigenvalue weighted by Crippen LogP contribution is -2.42. The summed E-state index contributed by atoms with van der Waals surface area (Å²) in [5.41, 5.74) is 11.9. The lowest BCUT2D eigenvalue weighted by atomic mass is 10.00. The number of rotatable bonds is 2. The van der Waals surface area contributed by atoms with E-state index in [9.17, 15) is 4.79 Å². The molecule has 0 aliphatic heterocycles. The van der Waals surface area contributed by atoms with Crippen LogP contribution in [0.25, 0.3) is 0 Å². The largest absolute Gasteiger partial charge is 0.310 e. The topological polar surface area (TPSA) is 69.1 Å². The molecule has 0 amide bonds. The molecule has 4 N–H and O–H groups in total. The quantitative estimate of drug-likeness (QED) is 0.524. The van der Waals surface area contributed by atoms with Crippen molar-refractivity contribution in [2.24, 2.45) is 11.5 Å².